The maximum absolute atomic E-state index is 11.9. The number of ether oxygens (including phenoxy) is 1. The van der Waals surface area contributed by atoms with E-state index in [1.807, 2.05) is 41.8 Å². The van der Waals surface area contributed by atoms with E-state index in [0.717, 1.165) is 43.7 Å². The molecule has 1 amide bonds. The lowest BCUT2D eigenvalue weighted by atomic mass is 10.3. The van der Waals surface area contributed by atoms with Gasteiger partial charge in [-0.2, -0.15) is 0 Å². The highest BCUT2D eigenvalue weighted by atomic mass is 33.1. The number of amides is 1. The Bertz CT molecular complexity index is 374. The van der Waals surface area contributed by atoms with Crippen molar-refractivity contribution < 1.29 is 9.53 Å². The standard InChI is InChI=1S/C19H36N2O2S2/c1-5-7-9-11-13-15-24-25-17-18(16-21(3)4)20-19(22)23-14-12-10-8-6-2/h7-10,18H,5-6,11-17H2,1-4H3,(H,20,22)/b9-7-,10-8-. The summed E-state index contributed by atoms with van der Waals surface area (Å²) in [4.78, 5) is 14.0. The van der Waals surface area contributed by atoms with Crippen LogP contribution in [0.15, 0.2) is 24.3 Å². The third kappa shape index (κ3) is 18.0. The van der Waals surface area contributed by atoms with Crippen LogP contribution in [-0.2, 0) is 4.74 Å². The van der Waals surface area contributed by atoms with Crippen LogP contribution in [-0.4, -0.2) is 55.8 Å². The molecule has 146 valence electrons. The van der Waals surface area contributed by atoms with Gasteiger partial charge in [0.2, 0.25) is 0 Å². The van der Waals surface area contributed by atoms with Crippen molar-refractivity contribution in [1.82, 2.24) is 10.2 Å². The van der Waals surface area contributed by atoms with Gasteiger partial charge in [-0.25, -0.2) is 4.79 Å². The van der Waals surface area contributed by atoms with E-state index in [4.69, 9.17) is 4.74 Å². The van der Waals surface area contributed by atoms with Crippen LogP contribution in [0.3, 0.4) is 0 Å². The number of hydrogen-bond acceptors (Lipinski definition) is 5. The summed E-state index contributed by atoms with van der Waals surface area (Å²) in [6, 6.07) is 0.103. The predicted molar refractivity (Wildman–Crippen MR) is 114 cm³/mol. The van der Waals surface area contributed by atoms with Crippen molar-refractivity contribution in [3.63, 3.8) is 0 Å². The summed E-state index contributed by atoms with van der Waals surface area (Å²) in [5, 5.41) is 2.99. The van der Waals surface area contributed by atoms with E-state index >= 15 is 0 Å². The quantitative estimate of drug-likeness (QED) is 0.239. The fourth-order valence-corrected chi connectivity index (χ4v) is 4.37. The van der Waals surface area contributed by atoms with E-state index in [-0.39, 0.29) is 12.1 Å². The lowest BCUT2D eigenvalue weighted by Gasteiger charge is -2.21. The maximum atomic E-state index is 11.9. The lowest BCUT2D eigenvalue weighted by molar-refractivity contribution is 0.143. The van der Waals surface area contributed by atoms with Gasteiger partial charge in [0.05, 0.1) is 12.6 Å². The van der Waals surface area contributed by atoms with Gasteiger partial charge in [0.15, 0.2) is 0 Å². The molecule has 0 saturated carbocycles. The van der Waals surface area contributed by atoms with Gasteiger partial charge in [0.1, 0.15) is 0 Å². The highest BCUT2D eigenvalue weighted by molar-refractivity contribution is 8.76. The molecule has 0 rings (SSSR count). The highest BCUT2D eigenvalue weighted by Gasteiger charge is 2.14. The Morgan fingerprint density at radius 2 is 1.76 bits per heavy atom. The third-order valence-electron chi connectivity index (χ3n) is 3.18. The van der Waals surface area contributed by atoms with Crippen LogP contribution < -0.4 is 5.32 Å². The lowest BCUT2D eigenvalue weighted by Crippen LogP contribution is -2.43. The van der Waals surface area contributed by atoms with Crippen molar-refractivity contribution >= 4 is 27.7 Å². The fraction of sp³-hybridized carbons (Fsp3) is 0.737. The van der Waals surface area contributed by atoms with Crippen molar-refractivity contribution in [2.75, 3.05) is 38.8 Å². The van der Waals surface area contributed by atoms with Crippen LogP contribution in [0.5, 0.6) is 0 Å². The molecular formula is C19H36N2O2S2. The molecular weight excluding hydrogens is 352 g/mol. The average molecular weight is 389 g/mol. The molecule has 0 aromatic heterocycles. The molecule has 1 atom stereocenters. The minimum Gasteiger partial charge on any atom is -0.449 e. The number of hydrogen-bond donors (Lipinski definition) is 1. The zero-order valence-electron chi connectivity index (χ0n) is 16.3. The second kappa shape index (κ2) is 18.2. The smallest absolute Gasteiger partial charge is 0.407 e. The Kier molecular flexibility index (Phi) is 17.8. The van der Waals surface area contributed by atoms with Crippen LogP contribution >= 0.6 is 21.6 Å². The summed E-state index contributed by atoms with van der Waals surface area (Å²) in [6.45, 7) is 5.50. The molecule has 0 fully saturated rings. The van der Waals surface area contributed by atoms with E-state index in [1.54, 1.807) is 0 Å². The minimum atomic E-state index is -0.313. The number of rotatable bonds is 15. The molecule has 0 aromatic carbocycles. The van der Waals surface area contributed by atoms with Gasteiger partial charge in [-0.3, -0.25) is 0 Å². The van der Waals surface area contributed by atoms with Crippen LogP contribution in [0.1, 0.15) is 46.0 Å². The minimum absolute atomic E-state index is 0.103. The van der Waals surface area contributed by atoms with Gasteiger partial charge >= 0.3 is 6.09 Å². The van der Waals surface area contributed by atoms with Gasteiger partial charge in [-0.1, -0.05) is 59.7 Å². The summed E-state index contributed by atoms with van der Waals surface area (Å²) in [5.74, 6) is 2.03. The zero-order valence-corrected chi connectivity index (χ0v) is 18.0. The van der Waals surface area contributed by atoms with Gasteiger partial charge < -0.3 is 15.0 Å². The molecule has 0 bridgehead atoms. The van der Waals surface area contributed by atoms with Gasteiger partial charge in [-0.15, -0.1) is 0 Å². The summed E-state index contributed by atoms with van der Waals surface area (Å²) < 4.78 is 5.24. The first-order valence-electron chi connectivity index (χ1n) is 9.22. The van der Waals surface area contributed by atoms with Crippen LogP contribution in [0, 0.1) is 0 Å². The average Bonchev–Trinajstić information content (AvgIpc) is 2.56. The molecule has 25 heavy (non-hydrogen) atoms. The molecule has 0 saturated heterocycles. The topological polar surface area (TPSA) is 41.6 Å². The molecule has 6 heteroatoms. The zero-order chi connectivity index (χ0) is 18.8. The molecule has 0 aliphatic rings. The molecule has 0 aliphatic carbocycles. The van der Waals surface area contributed by atoms with E-state index in [0.29, 0.717) is 6.61 Å². The van der Waals surface area contributed by atoms with E-state index in [2.05, 4.69) is 42.3 Å². The van der Waals surface area contributed by atoms with Gasteiger partial charge in [0, 0.05) is 18.1 Å². The van der Waals surface area contributed by atoms with Crippen molar-refractivity contribution in [3.8, 4) is 0 Å². The van der Waals surface area contributed by atoms with Crippen LogP contribution in [0.4, 0.5) is 4.79 Å². The monoisotopic (exact) mass is 388 g/mol. The number of allylic oxidation sites excluding steroid dienone is 3. The SMILES string of the molecule is CC/C=C\CCCSSCC(CN(C)C)NC(=O)OCC/C=C\CC. The number of alkyl carbamates (subject to hydrolysis) is 1. The number of nitrogens with one attached hydrogen (secondary N) is 1. The number of nitrogens with zero attached hydrogens (tertiary/aromatic N) is 1. The molecule has 1 N–H and O–H groups in total. The molecule has 0 aliphatic heterocycles. The Balaban J connectivity index is 3.92. The van der Waals surface area contributed by atoms with Crippen molar-refractivity contribution in [3.05, 3.63) is 24.3 Å². The summed E-state index contributed by atoms with van der Waals surface area (Å²) in [5.41, 5.74) is 0. The van der Waals surface area contributed by atoms with Gasteiger partial charge in [0.25, 0.3) is 0 Å². The Morgan fingerprint density at radius 1 is 1.08 bits per heavy atom. The number of carbonyl (C=O) groups excluding carboxylic acids is 1. The Labute approximate surface area is 162 Å². The molecule has 0 heterocycles. The predicted octanol–water partition coefficient (Wildman–Crippen LogP) is 5.13. The molecule has 1 unspecified atom stereocenters. The van der Waals surface area contributed by atoms with Crippen molar-refractivity contribution in [2.45, 2.75) is 52.0 Å². The number of likely N-dealkylation sites (N-methyl/N-ethyl adjacent to an activating group) is 1. The van der Waals surface area contributed by atoms with Gasteiger partial charge in [-0.05, 0) is 46.2 Å². The van der Waals surface area contributed by atoms with Crippen LogP contribution in [0.25, 0.3) is 0 Å². The Morgan fingerprint density at radius 3 is 2.40 bits per heavy atom. The number of carbonyl (C=O) groups is 1. The first-order chi connectivity index (χ1) is 12.1. The van der Waals surface area contributed by atoms with E-state index < -0.39 is 0 Å². The molecule has 0 aromatic rings. The summed E-state index contributed by atoms with van der Waals surface area (Å²) in [7, 11) is 7.75. The molecule has 0 radical (unpaired) electrons. The highest BCUT2D eigenvalue weighted by Crippen LogP contribution is 2.23. The first kappa shape index (κ1) is 24.4. The summed E-state index contributed by atoms with van der Waals surface area (Å²) >= 11 is 0. The second-order valence-electron chi connectivity index (χ2n) is 6.04. The molecule has 4 nitrogen and oxygen atoms in total. The Hall–Kier alpha value is -0.590. The fourth-order valence-electron chi connectivity index (χ4n) is 2.03. The van der Waals surface area contributed by atoms with Crippen molar-refractivity contribution in [1.29, 1.82) is 0 Å². The number of unbranched alkanes of at least 4 members (excludes halogenated alkanes) is 1. The van der Waals surface area contributed by atoms with Crippen LogP contribution in [0.2, 0.25) is 0 Å². The summed E-state index contributed by atoms with van der Waals surface area (Å²) in [6.07, 6.45) is 13.6. The molecule has 0 spiro atoms. The van der Waals surface area contributed by atoms with E-state index in [1.165, 1.54) is 6.42 Å². The second-order valence-corrected chi connectivity index (χ2v) is 8.66. The maximum Gasteiger partial charge on any atom is 0.407 e. The third-order valence-corrected chi connectivity index (χ3v) is 5.75. The normalized spacial score (nSPS) is 13.0. The van der Waals surface area contributed by atoms with E-state index in [9.17, 15) is 4.79 Å². The first-order valence-corrected chi connectivity index (χ1v) is 11.7. The largest absolute Gasteiger partial charge is 0.449 e. The van der Waals surface area contributed by atoms with Crippen molar-refractivity contribution in [2.24, 2.45) is 0 Å².